The molecule has 1 amide bonds. The molecule has 0 unspecified atom stereocenters. The summed E-state index contributed by atoms with van der Waals surface area (Å²) in [5, 5.41) is 11.6. The molecule has 9 heteroatoms. The highest BCUT2D eigenvalue weighted by atomic mass is 32.2. The largest absolute Gasteiger partial charge is 0.407 e. The zero-order valence-electron chi connectivity index (χ0n) is 12.8. The van der Waals surface area contributed by atoms with Crippen LogP contribution < -0.4 is 5.32 Å². The average Bonchev–Trinajstić information content (AvgIpc) is 3.25. The van der Waals surface area contributed by atoms with Gasteiger partial charge in [0.05, 0.1) is 4.90 Å². The molecular weight excluding hydrogens is 362 g/mol. The molecule has 2 heterocycles. The summed E-state index contributed by atoms with van der Waals surface area (Å²) < 4.78 is 29.7. The molecule has 0 saturated heterocycles. The highest BCUT2D eigenvalue weighted by Crippen LogP contribution is 2.16. The van der Waals surface area contributed by atoms with E-state index in [1.807, 2.05) is 17.5 Å². The van der Waals surface area contributed by atoms with Crippen molar-refractivity contribution in [2.75, 3.05) is 5.32 Å². The summed E-state index contributed by atoms with van der Waals surface area (Å²) in [6, 6.07) is 11.6. The summed E-state index contributed by atoms with van der Waals surface area (Å²) in [7, 11) is -3.59. The Labute approximate surface area is 147 Å². The van der Waals surface area contributed by atoms with Crippen LogP contribution in [0.2, 0.25) is 0 Å². The lowest BCUT2D eigenvalue weighted by Crippen LogP contribution is -2.07. The molecule has 3 aromatic rings. The lowest BCUT2D eigenvalue weighted by Gasteiger charge is -2.00. The molecular formula is C16H13N3O4S2. The summed E-state index contributed by atoms with van der Waals surface area (Å²) in [6.07, 6.45) is 2.98. The predicted molar refractivity (Wildman–Crippen MR) is 93.6 cm³/mol. The average molecular weight is 375 g/mol. The van der Waals surface area contributed by atoms with E-state index < -0.39 is 21.5 Å². The smallest absolute Gasteiger partial charge is 0.322 e. The Bertz CT molecular complexity index is 978. The van der Waals surface area contributed by atoms with E-state index >= 15 is 0 Å². The number of rotatable bonds is 6. The molecule has 0 radical (unpaired) electrons. The fraction of sp³-hybridized carbons (Fsp3) is 0.0625. The maximum absolute atomic E-state index is 12.2. The molecule has 7 nitrogen and oxygen atoms in total. The van der Waals surface area contributed by atoms with Gasteiger partial charge in [0.15, 0.2) is 9.84 Å². The molecule has 1 aromatic carbocycles. The van der Waals surface area contributed by atoms with Gasteiger partial charge in [-0.3, -0.25) is 10.1 Å². The number of hydrogen-bond donors (Lipinski definition) is 1. The van der Waals surface area contributed by atoms with Crippen LogP contribution in [0.15, 0.2) is 63.2 Å². The third kappa shape index (κ3) is 4.61. The van der Waals surface area contributed by atoms with Gasteiger partial charge in [-0.05, 0) is 29.7 Å². The molecule has 0 spiro atoms. The van der Waals surface area contributed by atoms with Crippen molar-refractivity contribution < 1.29 is 17.6 Å². The number of carbonyl (C=O) groups excluding carboxylic acids is 1. The molecule has 0 aliphatic rings. The van der Waals surface area contributed by atoms with E-state index in [9.17, 15) is 13.2 Å². The monoisotopic (exact) mass is 375 g/mol. The van der Waals surface area contributed by atoms with E-state index in [1.165, 1.54) is 29.5 Å². The van der Waals surface area contributed by atoms with E-state index in [1.54, 1.807) is 24.3 Å². The van der Waals surface area contributed by atoms with Crippen LogP contribution in [-0.4, -0.2) is 24.5 Å². The van der Waals surface area contributed by atoms with Crippen molar-refractivity contribution in [3.05, 3.63) is 64.7 Å². The maximum atomic E-state index is 12.2. The number of aromatic nitrogens is 2. The lowest BCUT2D eigenvalue weighted by molar-refractivity contribution is -0.112. The third-order valence-electron chi connectivity index (χ3n) is 3.05. The van der Waals surface area contributed by atoms with Crippen molar-refractivity contribution in [3.63, 3.8) is 0 Å². The fourth-order valence-electron chi connectivity index (χ4n) is 1.93. The standard InChI is InChI=1S/C16H13N3O4S2/c20-14(9-8-12-5-4-10-24-12)17-16-19-18-15(23-16)11-25(21,22)13-6-2-1-3-7-13/h1-10H,11H2,(H,17,19,20). The molecule has 25 heavy (non-hydrogen) atoms. The van der Waals surface area contributed by atoms with Crippen LogP contribution in [0.25, 0.3) is 6.08 Å². The van der Waals surface area contributed by atoms with Crippen LogP contribution in [0.4, 0.5) is 6.01 Å². The topological polar surface area (TPSA) is 102 Å². The molecule has 3 rings (SSSR count). The van der Waals surface area contributed by atoms with Crippen molar-refractivity contribution in [3.8, 4) is 0 Å². The third-order valence-corrected chi connectivity index (χ3v) is 5.51. The minimum Gasteiger partial charge on any atom is -0.407 e. The number of anilines is 1. The van der Waals surface area contributed by atoms with E-state index in [0.29, 0.717) is 0 Å². The first-order valence-corrected chi connectivity index (χ1v) is 9.69. The van der Waals surface area contributed by atoms with Gasteiger partial charge in [-0.25, -0.2) is 8.42 Å². The summed E-state index contributed by atoms with van der Waals surface area (Å²) in [4.78, 5) is 12.9. The normalized spacial score (nSPS) is 11.7. The molecule has 2 aromatic heterocycles. The number of thiophene rings is 1. The highest BCUT2D eigenvalue weighted by Gasteiger charge is 2.19. The van der Waals surface area contributed by atoms with Crippen LogP contribution in [0.1, 0.15) is 10.8 Å². The van der Waals surface area contributed by atoms with Crippen LogP contribution >= 0.6 is 11.3 Å². The highest BCUT2D eigenvalue weighted by molar-refractivity contribution is 7.90. The second-order valence-corrected chi connectivity index (χ2v) is 7.88. The zero-order chi connectivity index (χ0) is 17.7. The quantitative estimate of drug-likeness (QED) is 0.665. The van der Waals surface area contributed by atoms with Gasteiger partial charge < -0.3 is 4.42 Å². The Morgan fingerprint density at radius 2 is 1.96 bits per heavy atom. The lowest BCUT2D eigenvalue weighted by atomic mass is 10.4. The molecule has 0 bridgehead atoms. The van der Waals surface area contributed by atoms with E-state index in [-0.39, 0.29) is 16.8 Å². The van der Waals surface area contributed by atoms with Crippen LogP contribution in [0, 0.1) is 0 Å². The number of benzene rings is 1. The van der Waals surface area contributed by atoms with Crippen LogP contribution in [0.3, 0.4) is 0 Å². The molecule has 1 N–H and O–H groups in total. The molecule has 0 saturated carbocycles. The molecule has 0 aliphatic carbocycles. The van der Waals surface area contributed by atoms with Crippen molar-refractivity contribution in [1.29, 1.82) is 0 Å². The first kappa shape index (κ1) is 17.1. The minimum absolute atomic E-state index is 0.0959. The Balaban J connectivity index is 1.63. The van der Waals surface area contributed by atoms with Gasteiger partial charge in [0.1, 0.15) is 5.75 Å². The summed E-state index contributed by atoms with van der Waals surface area (Å²) in [5.41, 5.74) is 0. The molecule has 128 valence electrons. The Morgan fingerprint density at radius 1 is 1.16 bits per heavy atom. The SMILES string of the molecule is O=C(C=Cc1cccs1)Nc1nnc(CS(=O)(=O)c2ccccc2)o1. The first-order chi connectivity index (χ1) is 12.0. The van der Waals surface area contributed by atoms with Crippen molar-refractivity contribution >= 4 is 39.2 Å². The van der Waals surface area contributed by atoms with Crippen LogP contribution in [-0.2, 0) is 20.4 Å². The van der Waals surface area contributed by atoms with Crippen LogP contribution in [0.5, 0.6) is 0 Å². The van der Waals surface area contributed by atoms with E-state index in [0.717, 1.165) is 4.88 Å². The predicted octanol–water partition coefficient (Wildman–Crippen LogP) is 2.76. The van der Waals surface area contributed by atoms with Gasteiger partial charge in [-0.2, -0.15) is 0 Å². The van der Waals surface area contributed by atoms with Gasteiger partial charge in [0.2, 0.25) is 5.89 Å². The number of hydrogen-bond acceptors (Lipinski definition) is 7. The van der Waals surface area contributed by atoms with Gasteiger partial charge in [0, 0.05) is 11.0 Å². The van der Waals surface area contributed by atoms with Gasteiger partial charge in [0.25, 0.3) is 5.91 Å². The Morgan fingerprint density at radius 3 is 2.68 bits per heavy atom. The van der Waals surface area contributed by atoms with Crippen molar-refractivity contribution in [1.82, 2.24) is 10.2 Å². The summed E-state index contributed by atoms with van der Waals surface area (Å²) in [6.45, 7) is 0. The number of sulfone groups is 1. The van der Waals surface area contributed by atoms with Gasteiger partial charge in [-0.15, -0.1) is 16.4 Å². The van der Waals surface area contributed by atoms with Crippen molar-refractivity contribution in [2.45, 2.75) is 10.6 Å². The molecule has 0 fully saturated rings. The first-order valence-electron chi connectivity index (χ1n) is 7.16. The molecule has 0 atom stereocenters. The summed E-state index contributed by atoms with van der Waals surface area (Å²) >= 11 is 1.49. The zero-order valence-corrected chi connectivity index (χ0v) is 14.5. The van der Waals surface area contributed by atoms with Gasteiger partial charge >= 0.3 is 6.01 Å². The number of nitrogens with one attached hydrogen (secondary N) is 1. The number of amides is 1. The number of nitrogens with zero attached hydrogens (tertiary/aromatic N) is 2. The summed E-state index contributed by atoms with van der Waals surface area (Å²) in [5.74, 6) is -0.985. The minimum atomic E-state index is -3.59. The Kier molecular flexibility index (Phi) is 5.05. The van der Waals surface area contributed by atoms with E-state index in [4.69, 9.17) is 4.42 Å². The second-order valence-electron chi connectivity index (χ2n) is 4.91. The second kappa shape index (κ2) is 7.41. The van der Waals surface area contributed by atoms with E-state index in [2.05, 4.69) is 15.5 Å². The maximum Gasteiger partial charge on any atom is 0.322 e. The number of carbonyl (C=O) groups is 1. The van der Waals surface area contributed by atoms with Crippen molar-refractivity contribution in [2.24, 2.45) is 0 Å². The van der Waals surface area contributed by atoms with Gasteiger partial charge in [-0.1, -0.05) is 29.4 Å². The molecule has 0 aliphatic heterocycles. The fourth-order valence-corrected chi connectivity index (χ4v) is 3.73. The Hall–Kier alpha value is -2.78.